The summed E-state index contributed by atoms with van der Waals surface area (Å²) in [5.74, 6) is 0. The number of aryl methyl sites for hydroxylation is 1. The van der Waals surface area contributed by atoms with Gasteiger partial charge in [-0.2, -0.15) is 0 Å². The molecule has 2 heterocycles. The van der Waals surface area contributed by atoms with E-state index in [9.17, 15) is 0 Å². The number of nitrogens with zero attached hydrogens (tertiary/aromatic N) is 2. The zero-order chi connectivity index (χ0) is 13.2. The molecule has 1 aliphatic rings. The molecule has 0 atom stereocenters. The highest BCUT2D eigenvalue weighted by atomic mass is 15.1. The molecular formula is C16H23N3. The lowest BCUT2D eigenvalue weighted by molar-refractivity contribution is 0.278. The van der Waals surface area contributed by atoms with Gasteiger partial charge < -0.3 is 10.3 Å². The highest BCUT2D eigenvalue weighted by molar-refractivity contribution is 5.86. The molecule has 1 saturated heterocycles. The molecule has 1 aromatic carbocycles. The van der Waals surface area contributed by atoms with Crippen LogP contribution in [0.1, 0.15) is 31.2 Å². The summed E-state index contributed by atoms with van der Waals surface area (Å²) in [6, 6.07) is 6.24. The molecule has 0 saturated carbocycles. The summed E-state index contributed by atoms with van der Waals surface area (Å²) in [5.41, 5.74) is 9.40. The van der Waals surface area contributed by atoms with Crippen molar-refractivity contribution in [2.45, 2.75) is 32.2 Å². The van der Waals surface area contributed by atoms with E-state index in [1.807, 2.05) is 6.07 Å². The lowest BCUT2D eigenvalue weighted by Gasteiger charge is -2.19. The molecule has 1 fully saturated rings. The van der Waals surface area contributed by atoms with Crippen LogP contribution in [-0.4, -0.2) is 22.6 Å². The van der Waals surface area contributed by atoms with E-state index in [4.69, 9.17) is 5.73 Å². The Morgan fingerprint density at radius 2 is 1.84 bits per heavy atom. The van der Waals surface area contributed by atoms with E-state index in [0.717, 1.165) is 12.2 Å². The molecular weight excluding hydrogens is 234 g/mol. The smallest absolute Gasteiger partial charge is 0.0501 e. The molecule has 2 aromatic rings. The van der Waals surface area contributed by atoms with Gasteiger partial charge in [0, 0.05) is 30.9 Å². The minimum atomic E-state index is 0.843. The molecule has 0 radical (unpaired) electrons. The van der Waals surface area contributed by atoms with Gasteiger partial charge in [-0.25, -0.2) is 0 Å². The van der Waals surface area contributed by atoms with Crippen LogP contribution in [0.3, 0.4) is 0 Å². The van der Waals surface area contributed by atoms with E-state index in [2.05, 4.69) is 34.8 Å². The third-order valence-corrected chi connectivity index (χ3v) is 4.19. The SMILES string of the molecule is Cn1cc(CN2CCCCCC2)c2ccc(N)cc21. The monoisotopic (exact) mass is 257 g/mol. The van der Waals surface area contributed by atoms with Gasteiger partial charge in [0.1, 0.15) is 0 Å². The van der Waals surface area contributed by atoms with Crippen LogP contribution in [0.2, 0.25) is 0 Å². The molecule has 0 amide bonds. The largest absolute Gasteiger partial charge is 0.399 e. The molecule has 0 aliphatic carbocycles. The number of hydrogen-bond donors (Lipinski definition) is 1. The number of aromatic nitrogens is 1. The Balaban J connectivity index is 1.88. The Labute approximate surface area is 115 Å². The maximum absolute atomic E-state index is 5.88. The van der Waals surface area contributed by atoms with Gasteiger partial charge in [-0.3, -0.25) is 4.90 Å². The first kappa shape index (κ1) is 12.5. The number of fused-ring (bicyclic) bond motifs is 1. The Morgan fingerprint density at radius 3 is 2.58 bits per heavy atom. The zero-order valence-corrected chi connectivity index (χ0v) is 11.7. The van der Waals surface area contributed by atoms with Crippen LogP contribution in [0.25, 0.3) is 10.9 Å². The van der Waals surface area contributed by atoms with E-state index in [0.29, 0.717) is 0 Å². The molecule has 0 bridgehead atoms. The number of benzene rings is 1. The van der Waals surface area contributed by atoms with Crippen molar-refractivity contribution in [1.82, 2.24) is 9.47 Å². The first-order valence-electron chi connectivity index (χ1n) is 7.30. The van der Waals surface area contributed by atoms with Crippen LogP contribution in [0.4, 0.5) is 5.69 Å². The summed E-state index contributed by atoms with van der Waals surface area (Å²) in [6.07, 6.45) is 7.73. The average molecular weight is 257 g/mol. The van der Waals surface area contributed by atoms with Crippen LogP contribution >= 0.6 is 0 Å². The van der Waals surface area contributed by atoms with Crippen molar-refractivity contribution in [3.05, 3.63) is 30.0 Å². The predicted molar refractivity (Wildman–Crippen MR) is 81.1 cm³/mol. The van der Waals surface area contributed by atoms with Gasteiger partial charge in [0.25, 0.3) is 0 Å². The van der Waals surface area contributed by atoms with Crippen molar-refractivity contribution in [3.63, 3.8) is 0 Å². The minimum Gasteiger partial charge on any atom is -0.399 e. The van der Waals surface area contributed by atoms with Crippen LogP contribution in [0.5, 0.6) is 0 Å². The molecule has 19 heavy (non-hydrogen) atoms. The standard InChI is InChI=1S/C16H23N3/c1-18-11-13(12-19-8-4-2-3-5-9-19)15-7-6-14(17)10-16(15)18/h6-7,10-11H,2-5,8-9,12,17H2,1H3. The lowest BCUT2D eigenvalue weighted by atomic mass is 10.1. The van der Waals surface area contributed by atoms with Gasteiger partial charge in [0.15, 0.2) is 0 Å². The van der Waals surface area contributed by atoms with Crippen molar-refractivity contribution in [2.24, 2.45) is 7.05 Å². The van der Waals surface area contributed by atoms with E-state index in [1.54, 1.807) is 0 Å². The summed E-state index contributed by atoms with van der Waals surface area (Å²) in [5, 5.41) is 1.35. The third kappa shape index (κ3) is 2.61. The second-order valence-corrected chi connectivity index (χ2v) is 5.73. The van der Waals surface area contributed by atoms with Gasteiger partial charge >= 0.3 is 0 Å². The van der Waals surface area contributed by atoms with Crippen molar-refractivity contribution in [1.29, 1.82) is 0 Å². The fourth-order valence-electron chi connectivity index (χ4n) is 3.15. The summed E-state index contributed by atoms with van der Waals surface area (Å²) in [7, 11) is 2.10. The van der Waals surface area contributed by atoms with Crippen molar-refractivity contribution in [2.75, 3.05) is 18.8 Å². The Bertz CT molecular complexity index is 563. The Hall–Kier alpha value is -1.48. The van der Waals surface area contributed by atoms with E-state index < -0.39 is 0 Å². The predicted octanol–water partition coefficient (Wildman–Crippen LogP) is 3.14. The summed E-state index contributed by atoms with van der Waals surface area (Å²) in [6.45, 7) is 3.55. The van der Waals surface area contributed by atoms with Crippen LogP contribution in [0.15, 0.2) is 24.4 Å². The maximum atomic E-state index is 5.88. The molecule has 3 nitrogen and oxygen atoms in total. The fraction of sp³-hybridized carbons (Fsp3) is 0.500. The fourth-order valence-corrected chi connectivity index (χ4v) is 3.15. The van der Waals surface area contributed by atoms with Crippen molar-refractivity contribution in [3.8, 4) is 0 Å². The van der Waals surface area contributed by atoms with Gasteiger partial charge in [0.2, 0.25) is 0 Å². The molecule has 102 valence electrons. The molecule has 2 N–H and O–H groups in total. The summed E-state index contributed by atoms with van der Waals surface area (Å²) < 4.78 is 2.19. The lowest BCUT2D eigenvalue weighted by Crippen LogP contribution is -2.23. The number of anilines is 1. The molecule has 0 unspecified atom stereocenters. The highest BCUT2D eigenvalue weighted by Gasteiger charge is 2.13. The maximum Gasteiger partial charge on any atom is 0.0501 e. The number of hydrogen-bond acceptors (Lipinski definition) is 2. The average Bonchev–Trinajstić information content (AvgIpc) is 2.58. The van der Waals surface area contributed by atoms with Gasteiger partial charge in [-0.15, -0.1) is 0 Å². The van der Waals surface area contributed by atoms with Crippen LogP contribution in [0, 0.1) is 0 Å². The number of rotatable bonds is 2. The second kappa shape index (κ2) is 5.25. The first-order chi connectivity index (χ1) is 9.24. The van der Waals surface area contributed by atoms with Gasteiger partial charge in [-0.05, 0) is 43.6 Å². The zero-order valence-electron chi connectivity index (χ0n) is 11.7. The van der Waals surface area contributed by atoms with Crippen molar-refractivity contribution < 1.29 is 0 Å². The van der Waals surface area contributed by atoms with Gasteiger partial charge in [0.05, 0.1) is 5.52 Å². The first-order valence-corrected chi connectivity index (χ1v) is 7.30. The summed E-state index contributed by atoms with van der Waals surface area (Å²) >= 11 is 0. The Kier molecular flexibility index (Phi) is 3.47. The molecule has 3 rings (SSSR count). The van der Waals surface area contributed by atoms with E-state index >= 15 is 0 Å². The molecule has 3 heteroatoms. The summed E-state index contributed by atoms with van der Waals surface area (Å²) in [4.78, 5) is 2.60. The second-order valence-electron chi connectivity index (χ2n) is 5.73. The minimum absolute atomic E-state index is 0.843. The normalized spacial score (nSPS) is 17.7. The van der Waals surface area contributed by atoms with Crippen LogP contribution in [-0.2, 0) is 13.6 Å². The quantitative estimate of drug-likeness (QED) is 0.839. The molecule has 1 aromatic heterocycles. The van der Waals surface area contributed by atoms with E-state index in [1.165, 1.54) is 55.2 Å². The topological polar surface area (TPSA) is 34.2 Å². The van der Waals surface area contributed by atoms with E-state index in [-0.39, 0.29) is 0 Å². The third-order valence-electron chi connectivity index (χ3n) is 4.19. The number of nitrogens with two attached hydrogens (primary N) is 1. The molecule has 1 aliphatic heterocycles. The number of likely N-dealkylation sites (tertiary alicyclic amines) is 1. The van der Waals surface area contributed by atoms with Crippen LogP contribution < -0.4 is 5.73 Å². The highest BCUT2D eigenvalue weighted by Crippen LogP contribution is 2.25. The number of nitrogen functional groups attached to an aromatic ring is 1. The Morgan fingerprint density at radius 1 is 1.11 bits per heavy atom. The van der Waals surface area contributed by atoms with Crippen molar-refractivity contribution >= 4 is 16.6 Å². The molecule has 0 spiro atoms. The van der Waals surface area contributed by atoms with Gasteiger partial charge in [-0.1, -0.05) is 18.9 Å².